The molecule has 0 aromatic heterocycles. The largest absolute Gasteiger partial charge is 0.504 e. The molecule has 0 amide bonds. The summed E-state index contributed by atoms with van der Waals surface area (Å²) in [6.45, 7) is 0. The molecule has 2 aromatic rings. The topological polar surface area (TPSA) is 72.8 Å². The van der Waals surface area contributed by atoms with Crippen LogP contribution < -0.4 is 0 Å². The fourth-order valence-electron chi connectivity index (χ4n) is 2.56. The first-order valence-electron chi connectivity index (χ1n) is 7.42. The van der Waals surface area contributed by atoms with Crippen molar-refractivity contribution in [1.82, 2.24) is 0 Å². The summed E-state index contributed by atoms with van der Waals surface area (Å²) in [6.07, 6.45) is 0. The summed E-state index contributed by atoms with van der Waals surface area (Å²) >= 11 is 4.22. The van der Waals surface area contributed by atoms with E-state index in [0.29, 0.717) is 11.1 Å². The van der Waals surface area contributed by atoms with E-state index < -0.39 is 11.9 Å². The van der Waals surface area contributed by atoms with E-state index in [1.807, 2.05) is 12.1 Å². The molecule has 26 heavy (non-hydrogen) atoms. The maximum absolute atomic E-state index is 12.4. The number of cyclic esters (lactones) is 1. The molecule has 1 N–H and O–H groups in total. The number of hydrogen-bond donors (Lipinski definition) is 1. The summed E-state index contributed by atoms with van der Waals surface area (Å²) < 4.78 is 11.9. The molecule has 1 heterocycles. The highest BCUT2D eigenvalue weighted by atomic mass is 127. The van der Waals surface area contributed by atoms with Crippen molar-refractivity contribution in [1.29, 1.82) is 0 Å². The summed E-state index contributed by atoms with van der Waals surface area (Å²) in [5, 5.41) is 10.7. The lowest BCUT2D eigenvalue weighted by Crippen LogP contribution is -2.09. The fourth-order valence-corrected chi connectivity index (χ4v) is 3.64. The first kappa shape index (κ1) is 18.9. The zero-order valence-corrected chi connectivity index (χ0v) is 17.8. The van der Waals surface area contributed by atoms with Gasteiger partial charge in [0.15, 0.2) is 11.5 Å². The third kappa shape index (κ3) is 3.63. The number of carbonyl (C=O) groups excluding carboxylic acids is 2. The van der Waals surface area contributed by atoms with Gasteiger partial charge in [-0.1, -0.05) is 24.3 Å². The number of aliphatic hydroxyl groups is 1. The van der Waals surface area contributed by atoms with Gasteiger partial charge in [0.05, 0.1) is 7.11 Å². The van der Waals surface area contributed by atoms with Crippen LogP contribution in [0.25, 0.3) is 11.1 Å². The maximum atomic E-state index is 12.4. The number of esters is 2. The molecule has 1 aliphatic heterocycles. The quantitative estimate of drug-likeness (QED) is 0.337. The van der Waals surface area contributed by atoms with Gasteiger partial charge in [0.2, 0.25) is 0 Å². The number of ether oxygens (including phenoxy) is 2. The maximum Gasteiger partial charge on any atom is 0.348 e. The monoisotopic (exact) mass is 574 g/mol. The Morgan fingerprint density at radius 3 is 2.35 bits per heavy atom. The number of halogens is 2. The van der Waals surface area contributed by atoms with Gasteiger partial charge in [0.25, 0.3) is 0 Å². The minimum absolute atomic E-state index is 0.00232. The van der Waals surface area contributed by atoms with Gasteiger partial charge in [-0.25, -0.2) is 9.59 Å². The van der Waals surface area contributed by atoms with Gasteiger partial charge in [-0.2, -0.15) is 0 Å². The SMILES string of the molecule is COC(=O)/C(=C1\OC(=O)C(c2cccc(I)c2)=C1O)c1cccc(I)c1. The molecule has 0 saturated carbocycles. The van der Waals surface area contributed by atoms with Crippen LogP contribution in [0.3, 0.4) is 0 Å². The van der Waals surface area contributed by atoms with Crippen LogP contribution in [0.1, 0.15) is 11.1 Å². The minimum Gasteiger partial charge on any atom is -0.504 e. The minimum atomic E-state index is -0.716. The molecule has 0 radical (unpaired) electrons. The molecule has 0 bridgehead atoms. The molecule has 0 saturated heterocycles. The molecule has 5 nitrogen and oxygen atoms in total. The zero-order chi connectivity index (χ0) is 18.8. The molecule has 1 aliphatic rings. The van der Waals surface area contributed by atoms with Crippen molar-refractivity contribution in [2.24, 2.45) is 0 Å². The highest BCUT2D eigenvalue weighted by Gasteiger charge is 2.36. The van der Waals surface area contributed by atoms with Crippen molar-refractivity contribution in [2.75, 3.05) is 7.11 Å². The Balaban J connectivity index is 2.24. The lowest BCUT2D eigenvalue weighted by Gasteiger charge is -2.09. The zero-order valence-electron chi connectivity index (χ0n) is 13.5. The Bertz CT molecular complexity index is 975. The Hall–Kier alpha value is -1.88. The third-order valence-corrected chi connectivity index (χ3v) is 5.04. The van der Waals surface area contributed by atoms with Crippen LogP contribution in [0, 0.1) is 7.14 Å². The van der Waals surface area contributed by atoms with E-state index in [2.05, 4.69) is 45.2 Å². The summed E-state index contributed by atoms with van der Waals surface area (Å²) in [5.74, 6) is -1.99. The molecular formula is C19H12I2O5. The summed E-state index contributed by atoms with van der Waals surface area (Å²) in [6, 6.07) is 14.1. The second-order valence-corrected chi connectivity index (χ2v) is 7.82. The van der Waals surface area contributed by atoms with E-state index >= 15 is 0 Å². The molecule has 0 atom stereocenters. The average Bonchev–Trinajstić information content (AvgIpc) is 2.89. The molecule has 0 unspecified atom stereocenters. The Morgan fingerprint density at radius 1 is 1.08 bits per heavy atom. The second-order valence-electron chi connectivity index (χ2n) is 5.33. The van der Waals surface area contributed by atoms with Crippen LogP contribution in [0.2, 0.25) is 0 Å². The molecule has 0 fully saturated rings. The van der Waals surface area contributed by atoms with E-state index in [0.717, 1.165) is 7.14 Å². The van der Waals surface area contributed by atoms with Crippen LogP contribution in [-0.2, 0) is 19.1 Å². The molecule has 0 spiro atoms. The number of aliphatic hydroxyl groups excluding tert-OH is 1. The normalized spacial score (nSPS) is 15.7. The number of methoxy groups -OCH3 is 1. The van der Waals surface area contributed by atoms with Gasteiger partial charge >= 0.3 is 11.9 Å². The van der Waals surface area contributed by atoms with E-state index in [1.165, 1.54) is 7.11 Å². The Labute approximate surface area is 177 Å². The molecule has 2 aromatic carbocycles. The van der Waals surface area contributed by atoms with E-state index in [-0.39, 0.29) is 22.7 Å². The highest BCUT2D eigenvalue weighted by Crippen LogP contribution is 2.37. The van der Waals surface area contributed by atoms with Gasteiger partial charge < -0.3 is 14.6 Å². The third-order valence-electron chi connectivity index (χ3n) is 3.69. The lowest BCUT2D eigenvalue weighted by atomic mass is 10.0. The molecule has 132 valence electrons. The Morgan fingerprint density at radius 2 is 1.73 bits per heavy atom. The second kappa shape index (κ2) is 7.78. The van der Waals surface area contributed by atoms with Crippen molar-refractivity contribution in [3.63, 3.8) is 0 Å². The van der Waals surface area contributed by atoms with Gasteiger partial charge in [-0.3, -0.25) is 0 Å². The standard InChI is InChI=1S/C19H12I2O5/c1-25-18(23)15(11-5-3-7-13(21)9-11)17-16(22)14(19(24)26-17)10-4-2-6-12(20)8-10/h2-9,22H,1H3/b17-15-. The van der Waals surface area contributed by atoms with Crippen LogP contribution in [0.4, 0.5) is 0 Å². The van der Waals surface area contributed by atoms with Crippen molar-refractivity contribution < 1.29 is 24.2 Å². The van der Waals surface area contributed by atoms with Gasteiger partial charge in [-0.15, -0.1) is 0 Å². The molecule has 0 aliphatic carbocycles. The number of rotatable bonds is 3. The Kier molecular flexibility index (Phi) is 5.66. The summed E-state index contributed by atoms with van der Waals surface area (Å²) in [4.78, 5) is 24.7. The molecular weight excluding hydrogens is 562 g/mol. The average molecular weight is 574 g/mol. The van der Waals surface area contributed by atoms with Crippen molar-refractivity contribution in [3.05, 3.63) is 78.3 Å². The smallest absolute Gasteiger partial charge is 0.348 e. The van der Waals surface area contributed by atoms with E-state index in [1.54, 1.807) is 36.4 Å². The van der Waals surface area contributed by atoms with E-state index in [4.69, 9.17) is 9.47 Å². The summed E-state index contributed by atoms with van der Waals surface area (Å²) in [7, 11) is 1.23. The van der Waals surface area contributed by atoms with Gasteiger partial charge in [0, 0.05) is 7.14 Å². The fraction of sp³-hybridized carbons (Fsp3) is 0.0526. The van der Waals surface area contributed by atoms with Gasteiger partial charge in [0.1, 0.15) is 11.1 Å². The van der Waals surface area contributed by atoms with Crippen molar-refractivity contribution >= 4 is 68.3 Å². The van der Waals surface area contributed by atoms with Crippen LogP contribution in [0.5, 0.6) is 0 Å². The molecule has 3 rings (SSSR count). The number of carbonyl (C=O) groups is 2. The lowest BCUT2D eigenvalue weighted by molar-refractivity contribution is -0.134. The highest BCUT2D eigenvalue weighted by molar-refractivity contribution is 14.1. The first-order chi connectivity index (χ1) is 12.4. The number of benzene rings is 2. The van der Waals surface area contributed by atoms with Crippen LogP contribution in [0.15, 0.2) is 60.0 Å². The number of hydrogen-bond acceptors (Lipinski definition) is 5. The predicted molar refractivity (Wildman–Crippen MR) is 113 cm³/mol. The first-order valence-corrected chi connectivity index (χ1v) is 9.58. The van der Waals surface area contributed by atoms with E-state index in [9.17, 15) is 14.7 Å². The molecule has 7 heteroatoms. The van der Waals surface area contributed by atoms with Crippen molar-refractivity contribution in [2.45, 2.75) is 0 Å². The predicted octanol–water partition coefficient (Wildman–Crippen LogP) is 4.31. The van der Waals surface area contributed by atoms with Crippen LogP contribution >= 0.6 is 45.2 Å². The van der Waals surface area contributed by atoms with Gasteiger partial charge in [-0.05, 0) is 80.6 Å². The van der Waals surface area contributed by atoms with Crippen LogP contribution in [-0.4, -0.2) is 24.2 Å². The summed E-state index contributed by atoms with van der Waals surface area (Å²) in [5.41, 5.74) is 1.02. The van der Waals surface area contributed by atoms with Crippen molar-refractivity contribution in [3.8, 4) is 0 Å².